The zero-order valence-corrected chi connectivity index (χ0v) is 9.04. The molecule has 3 nitrogen and oxygen atoms in total. The number of rotatable bonds is 1. The fourth-order valence-electron chi connectivity index (χ4n) is 0.695. The standard InChI is InChI=1S/C9H10BrNO2/c1-11(2)9(12)13-8-5-3-7(10)4-6-8/h3-6H,1-2H3. The molecule has 0 heterocycles. The van der Waals surface area contributed by atoms with Crippen LogP contribution in [-0.4, -0.2) is 25.1 Å². The third-order valence-corrected chi connectivity index (χ3v) is 1.91. The second kappa shape index (κ2) is 4.28. The summed E-state index contributed by atoms with van der Waals surface area (Å²) >= 11 is 3.29. The van der Waals surface area contributed by atoms with E-state index in [-0.39, 0.29) is 6.09 Å². The monoisotopic (exact) mass is 243 g/mol. The van der Waals surface area contributed by atoms with Crippen molar-refractivity contribution in [3.8, 4) is 5.75 Å². The van der Waals surface area contributed by atoms with Crippen LogP contribution < -0.4 is 4.74 Å². The quantitative estimate of drug-likeness (QED) is 0.759. The molecule has 1 aromatic carbocycles. The number of nitrogens with zero attached hydrogens (tertiary/aromatic N) is 1. The highest BCUT2D eigenvalue weighted by atomic mass is 79.9. The lowest BCUT2D eigenvalue weighted by Crippen LogP contribution is -2.25. The Balaban J connectivity index is 2.65. The fraction of sp³-hybridized carbons (Fsp3) is 0.222. The van der Waals surface area contributed by atoms with Crippen molar-refractivity contribution in [2.45, 2.75) is 0 Å². The van der Waals surface area contributed by atoms with E-state index >= 15 is 0 Å². The summed E-state index contributed by atoms with van der Waals surface area (Å²) in [6.07, 6.45) is -0.373. The first-order chi connectivity index (χ1) is 6.09. The smallest absolute Gasteiger partial charge is 0.410 e. The van der Waals surface area contributed by atoms with Gasteiger partial charge in [-0.3, -0.25) is 0 Å². The van der Waals surface area contributed by atoms with Gasteiger partial charge in [-0.15, -0.1) is 0 Å². The molecule has 0 fully saturated rings. The van der Waals surface area contributed by atoms with E-state index < -0.39 is 0 Å². The van der Waals surface area contributed by atoms with E-state index in [4.69, 9.17) is 4.74 Å². The number of carbonyl (C=O) groups is 1. The highest BCUT2D eigenvalue weighted by Gasteiger charge is 2.05. The van der Waals surface area contributed by atoms with Crippen LogP contribution in [0.25, 0.3) is 0 Å². The number of hydrogen-bond acceptors (Lipinski definition) is 2. The van der Waals surface area contributed by atoms with Gasteiger partial charge in [0.1, 0.15) is 5.75 Å². The van der Waals surface area contributed by atoms with E-state index in [0.29, 0.717) is 5.75 Å². The first-order valence-electron chi connectivity index (χ1n) is 3.74. The molecule has 0 bridgehead atoms. The lowest BCUT2D eigenvalue weighted by molar-refractivity contribution is 0.172. The number of halogens is 1. The van der Waals surface area contributed by atoms with Gasteiger partial charge in [0.25, 0.3) is 0 Å². The van der Waals surface area contributed by atoms with Crippen molar-refractivity contribution >= 4 is 22.0 Å². The van der Waals surface area contributed by atoms with E-state index in [1.54, 1.807) is 26.2 Å². The van der Waals surface area contributed by atoms with Crippen molar-refractivity contribution in [3.63, 3.8) is 0 Å². The molecule has 1 aromatic rings. The van der Waals surface area contributed by atoms with Gasteiger partial charge >= 0.3 is 6.09 Å². The Morgan fingerprint density at radius 3 is 2.31 bits per heavy atom. The molecule has 0 spiro atoms. The van der Waals surface area contributed by atoms with Crippen molar-refractivity contribution in [1.29, 1.82) is 0 Å². The molecule has 1 rings (SSSR count). The van der Waals surface area contributed by atoms with Gasteiger partial charge in [-0.1, -0.05) is 15.9 Å². The van der Waals surface area contributed by atoms with Crippen LogP contribution in [0, 0.1) is 0 Å². The normalized spacial score (nSPS) is 9.46. The van der Waals surface area contributed by atoms with E-state index in [9.17, 15) is 4.79 Å². The van der Waals surface area contributed by atoms with Crippen LogP contribution in [0.1, 0.15) is 0 Å². The number of carbonyl (C=O) groups excluding carboxylic acids is 1. The number of benzene rings is 1. The van der Waals surface area contributed by atoms with Crippen LogP contribution in [-0.2, 0) is 0 Å². The topological polar surface area (TPSA) is 29.5 Å². The molecule has 0 aromatic heterocycles. The largest absolute Gasteiger partial charge is 0.414 e. The van der Waals surface area contributed by atoms with Crippen LogP contribution in [0.3, 0.4) is 0 Å². The molecular formula is C9H10BrNO2. The van der Waals surface area contributed by atoms with Crippen LogP contribution >= 0.6 is 15.9 Å². The van der Waals surface area contributed by atoms with Gasteiger partial charge in [0.05, 0.1) is 0 Å². The first-order valence-corrected chi connectivity index (χ1v) is 4.53. The second-order valence-electron chi connectivity index (χ2n) is 2.72. The Morgan fingerprint density at radius 2 is 1.85 bits per heavy atom. The van der Waals surface area contributed by atoms with E-state index in [1.165, 1.54) is 4.90 Å². The molecule has 13 heavy (non-hydrogen) atoms. The number of amides is 1. The van der Waals surface area contributed by atoms with Crippen LogP contribution in [0.15, 0.2) is 28.7 Å². The Hall–Kier alpha value is -1.03. The van der Waals surface area contributed by atoms with Crippen molar-refractivity contribution in [3.05, 3.63) is 28.7 Å². The summed E-state index contributed by atoms with van der Waals surface area (Å²) in [5, 5.41) is 0. The molecule has 0 atom stereocenters. The zero-order valence-electron chi connectivity index (χ0n) is 7.45. The molecule has 0 saturated heterocycles. The molecule has 0 N–H and O–H groups in total. The molecule has 0 unspecified atom stereocenters. The number of ether oxygens (including phenoxy) is 1. The minimum atomic E-state index is -0.373. The maximum Gasteiger partial charge on any atom is 0.414 e. The van der Waals surface area contributed by atoms with Gasteiger partial charge in [-0.2, -0.15) is 0 Å². The third-order valence-electron chi connectivity index (χ3n) is 1.38. The Bertz CT molecular complexity index is 295. The maximum atomic E-state index is 11.1. The maximum absolute atomic E-state index is 11.1. The summed E-state index contributed by atoms with van der Waals surface area (Å²) in [5.74, 6) is 0.543. The summed E-state index contributed by atoms with van der Waals surface area (Å²) in [5.41, 5.74) is 0. The lowest BCUT2D eigenvalue weighted by Gasteiger charge is -2.10. The molecule has 0 aliphatic rings. The molecule has 0 saturated carbocycles. The lowest BCUT2D eigenvalue weighted by atomic mass is 10.3. The molecule has 1 amide bonds. The second-order valence-corrected chi connectivity index (χ2v) is 3.63. The predicted molar refractivity (Wildman–Crippen MR) is 53.9 cm³/mol. The van der Waals surface area contributed by atoms with Gasteiger partial charge in [-0.25, -0.2) is 4.79 Å². The summed E-state index contributed by atoms with van der Waals surface area (Å²) in [4.78, 5) is 12.5. The third kappa shape index (κ3) is 3.06. The Morgan fingerprint density at radius 1 is 1.31 bits per heavy atom. The highest BCUT2D eigenvalue weighted by molar-refractivity contribution is 9.10. The van der Waals surface area contributed by atoms with Crippen molar-refractivity contribution < 1.29 is 9.53 Å². The van der Waals surface area contributed by atoms with Gasteiger partial charge in [0.2, 0.25) is 0 Å². The van der Waals surface area contributed by atoms with Gasteiger partial charge < -0.3 is 9.64 Å². The summed E-state index contributed by atoms with van der Waals surface area (Å²) < 4.78 is 5.95. The van der Waals surface area contributed by atoms with Crippen molar-refractivity contribution in [2.75, 3.05) is 14.1 Å². The average molecular weight is 244 g/mol. The molecule has 0 aliphatic carbocycles. The van der Waals surface area contributed by atoms with E-state index in [0.717, 1.165) is 4.47 Å². The fourth-order valence-corrected chi connectivity index (χ4v) is 0.959. The zero-order chi connectivity index (χ0) is 9.84. The van der Waals surface area contributed by atoms with Crippen LogP contribution in [0.4, 0.5) is 4.79 Å². The average Bonchev–Trinajstić information content (AvgIpc) is 2.08. The summed E-state index contributed by atoms with van der Waals surface area (Å²) in [6, 6.07) is 7.09. The molecule has 70 valence electrons. The van der Waals surface area contributed by atoms with Gasteiger partial charge in [0.15, 0.2) is 0 Å². The molecule has 0 radical (unpaired) electrons. The van der Waals surface area contributed by atoms with Crippen molar-refractivity contribution in [1.82, 2.24) is 4.90 Å². The molecule has 0 aliphatic heterocycles. The summed E-state index contributed by atoms with van der Waals surface area (Å²) in [7, 11) is 3.28. The molecular weight excluding hydrogens is 234 g/mol. The van der Waals surface area contributed by atoms with Gasteiger partial charge in [0, 0.05) is 18.6 Å². The predicted octanol–water partition coefficient (Wildman–Crippen LogP) is 2.51. The van der Waals surface area contributed by atoms with E-state index in [1.807, 2.05) is 12.1 Å². The van der Waals surface area contributed by atoms with Crippen LogP contribution in [0.2, 0.25) is 0 Å². The minimum Gasteiger partial charge on any atom is -0.410 e. The Labute approximate surface area is 85.4 Å². The van der Waals surface area contributed by atoms with Crippen LogP contribution in [0.5, 0.6) is 5.75 Å². The first kappa shape index (κ1) is 10.1. The van der Waals surface area contributed by atoms with Gasteiger partial charge in [-0.05, 0) is 24.3 Å². The summed E-state index contributed by atoms with van der Waals surface area (Å²) in [6.45, 7) is 0. The minimum absolute atomic E-state index is 0.373. The van der Waals surface area contributed by atoms with Crippen molar-refractivity contribution in [2.24, 2.45) is 0 Å². The highest BCUT2D eigenvalue weighted by Crippen LogP contribution is 2.16. The molecule has 4 heteroatoms. The SMILES string of the molecule is CN(C)C(=O)Oc1ccc(Br)cc1. The van der Waals surface area contributed by atoms with E-state index in [2.05, 4.69) is 15.9 Å². The number of hydrogen-bond donors (Lipinski definition) is 0. The Kier molecular flexibility index (Phi) is 3.31.